The summed E-state index contributed by atoms with van der Waals surface area (Å²) in [6.45, 7) is 7.75. The van der Waals surface area contributed by atoms with Crippen LogP contribution in [0.2, 0.25) is 0 Å². The molecule has 6 rings (SSSR count). The number of anilines is 1. The minimum Gasteiger partial charge on any atom is -0.370 e. The van der Waals surface area contributed by atoms with Crippen LogP contribution < -0.4 is 4.90 Å². The molecule has 0 spiro atoms. The maximum absolute atomic E-state index is 4.31. The first-order valence-corrected chi connectivity index (χ1v) is 9.48. The van der Waals surface area contributed by atoms with Crippen LogP contribution in [0.4, 0.5) is 5.69 Å². The van der Waals surface area contributed by atoms with Gasteiger partial charge in [0.2, 0.25) is 0 Å². The van der Waals surface area contributed by atoms with Gasteiger partial charge in [-0.2, -0.15) is 0 Å². The summed E-state index contributed by atoms with van der Waals surface area (Å²) in [6, 6.07) is 4.29. The Morgan fingerprint density at radius 3 is 2.26 bits per heavy atom. The van der Waals surface area contributed by atoms with Crippen LogP contribution in [0.3, 0.4) is 0 Å². The van der Waals surface area contributed by atoms with E-state index in [1.165, 1.54) is 70.6 Å². The second-order valence-electron chi connectivity index (χ2n) is 8.23. The number of hydrogen-bond acceptors (Lipinski definition) is 4. The van der Waals surface area contributed by atoms with Gasteiger partial charge >= 0.3 is 0 Å². The Morgan fingerprint density at radius 2 is 1.65 bits per heavy atom. The van der Waals surface area contributed by atoms with E-state index in [9.17, 15) is 0 Å². The molecule has 5 aliphatic heterocycles. The fourth-order valence-corrected chi connectivity index (χ4v) is 5.63. The van der Waals surface area contributed by atoms with Crippen LogP contribution in [0, 0.1) is 17.8 Å². The molecule has 0 radical (unpaired) electrons. The van der Waals surface area contributed by atoms with Crippen LogP contribution in [-0.4, -0.2) is 60.2 Å². The van der Waals surface area contributed by atoms with Crippen molar-refractivity contribution in [3.05, 3.63) is 24.5 Å². The van der Waals surface area contributed by atoms with Crippen molar-refractivity contribution in [2.45, 2.75) is 31.8 Å². The highest BCUT2D eigenvalue weighted by molar-refractivity contribution is 5.44. The molecule has 3 unspecified atom stereocenters. The third-order valence-electron chi connectivity index (χ3n) is 6.66. The van der Waals surface area contributed by atoms with Gasteiger partial charge in [0.15, 0.2) is 0 Å². The lowest BCUT2D eigenvalue weighted by Crippen LogP contribution is -2.62. The van der Waals surface area contributed by atoms with Gasteiger partial charge in [-0.25, -0.2) is 0 Å². The molecule has 5 saturated heterocycles. The van der Waals surface area contributed by atoms with E-state index in [-0.39, 0.29) is 0 Å². The number of nitrogens with zero attached hydrogens (tertiary/aromatic N) is 4. The number of fused-ring (bicyclic) bond motifs is 5. The van der Waals surface area contributed by atoms with Crippen molar-refractivity contribution in [1.82, 2.24) is 14.8 Å². The normalized spacial score (nSPS) is 40.3. The fraction of sp³-hybridized carbons (Fsp3) is 0.737. The Morgan fingerprint density at radius 1 is 0.870 bits per heavy atom. The Kier molecular flexibility index (Phi) is 3.56. The van der Waals surface area contributed by atoms with Crippen molar-refractivity contribution in [2.75, 3.05) is 44.2 Å². The fourth-order valence-electron chi connectivity index (χ4n) is 5.63. The van der Waals surface area contributed by atoms with E-state index < -0.39 is 0 Å². The second kappa shape index (κ2) is 5.75. The van der Waals surface area contributed by atoms with Gasteiger partial charge in [0.1, 0.15) is 0 Å². The second-order valence-corrected chi connectivity index (χ2v) is 8.23. The zero-order valence-electron chi connectivity index (χ0n) is 14.0. The molecule has 4 heteroatoms. The van der Waals surface area contributed by atoms with E-state index in [1.807, 2.05) is 12.4 Å². The van der Waals surface area contributed by atoms with Gasteiger partial charge in [0.05, 0.1) is 18.1 Å². The third kappa shape index (κ3) is 2.66. The summed E-state index contributed by atoms with van der Waals surface area (Å²) in [5.41, 5.74) is 1.32. The van der Waals surface area contributed by atoms with Gasteiger partial charge in [-0.05, 0) is 68.7 Å². The Labute approximate surface area is 139 Å². The molecule has 0 amide bonds. The van der Waals surface area contributed by atoms with Crippen LogP contribution >= 0.6 is 0 Å². The van der Waals surface area contributed by atoms with Gasteiger partial charge in [0.25, 0.3) is 0 Å². The molecule has 0 saturated carbocycles. The average Bonchev–Trinajstić information content (AvgIpc) is 2.62. The zero-order chi connectivity index (χ0) is 15.2. The zero-order valence-corrected chi connectivity index (χ0v) is 14.0. The number of hydrogen-bond donors (Lipinski definition) is 0. The van der Waals surface area contributed by atoms with Crippen molar-refractivity contribution < 1.29 is 0 Å². The van der Waals surface area contributed by atoms with E-state index >= 15 is 0 Å². The van der Waals surface area contributed by atoms with Gasteiger partial charge in [-0.3, -0.25) is 14.8 Å². The molecule has 5 fully saturated rings. The van der Waals surface area contributed by atoms with E-state index in [1.54, 1.807) is 0 Å². The maximum atomic E-state index is 4.31. The Balaban J connectivity index is 1.28. The molecule has 5 aliphatic rings. The molecule has 0 aliphatic carbocycles. The van der Waals surface area contributed by atoms with Crippen LogP contribution in [0.5, 0.6) is 0 Å². The molecule has 1 aromatic rings. The van der Waals surface area contributed by atoms with E-state index in [2.05, 4.69) is 31.8 Å². The topological polar surface area (TPSA) is 22.6 Å². The highest BCUT2D eigenvalue weighted by Crippen LogP contribution is 2.38. The van der Waals surface area contributed by atoms with Crippen LogP contribution in [0.1, 0.15) is 25.7 Å². The molecule has 0 N–H and O–H groups in total. The van der Waals surface area contributed by atoms with Crippen LogP contribution in [0.25, 0.3) is 0 Å². The summed E-state index contributed by atoms with van der Waals surface area (Å²) >= 11 is 0. The lowest BCUT2D eigenvalue weighted by molar-refractivity contribution is -0.0707. The minimum atomic E-state index is 0.762. The number of aromatic nitrogens is 1. The quantitative estimate of drug-likeness (QED) is 0.835. The molecule has 4 bridgehead atoms. The van der Waals surface area contributed by atoms with Crippen molar-refractivity contribution in [2.24, 2.45) is 17.8 Å². The molecular weight excluding hydrogens is 284 g/mol. The van der Waals surface area contributed by atoms with Crippen molar-refractivity contribution >= 4 is 5.69 Å². The smallest absolute Gasteiger partial charge is 0.0625 e. The van der Waals surface area contributed by atoms with Crippen molar-refractivity contribution in [3.8, 4) is 0 Å². The molecule has 4 nitrogen and oxygen atoms in total. The summed E-state index contributed by atoms with van der Waals surface area (Å²) in [7, 11) is 0. The van der Waals surface area contributed by atoms with E-state index in [4.69, 9.17) is 0 Å². The Hall–Kier alpha value is -1.13. The van der Waals surface area contributed by atoms with Gasteiger partial charge in [0, 0.05) is 32.4 Å². The first kappa shape index (κ1) is 14.2. The summed E-state index contributed by atoms with van der Waals surface area (Å²) in [5, 5.41) is 0. The summed E-state index contributed by atoms with van der Waals surface area (Å²) in [4.78, 5) is 12.5. The van der Waals surface area contributed by atoms with E-state index in [0.717, 1.165) is 23.9 Å². The van der Waals surface area contributed by atoms with Crippen LogP contribution in [0.15, 0.2) is 24.5 Å². The molecule has 3 atom stereocenters. The molecule has 0 aromatic carbocycles. The van der Waals surface area contributed by atoms with Gasteiger partial charge in [-0.1, -0.05) is 0 Å². The number of pyridine rings is 1. The molecule has 1 aromatic heterocycles. The largest absolute Gasteiger partial charge is 0.370 e. The number of likely N-dealkylation sites (tertiary alicyclic amines) is 1. The molecule has 6 heterocycles. The van der Waals surface area contributed by atoms with E-state index in [0.29, 0.717) is 0 Å². The monoisotopic (exact) mass is 312 g/mol. The standard InChI is InChI=1S/C19H28N4/c1-2-18(10-20-5-1)22-11-16-8-17(12-22)14-23(13-16)19-9-15-3-6-21(19)7-4-15/h1-2,5,10,15-17,19H,3-4,6-9,11-14H2. The lowest BCUT2D eigenvalue weighted by atomic mass is 9.81. The van der Waals surface area contributed by atoms with Gasteiger partial charge < -0.3 is 4.90 Å². The average molecular weight is 312 g/mol. The first-order chi connectivity index (χ1) is 11.3. The summed E-state index contributed by atoms with van der Waals surface area (Å²) < 4.78 is 0. The predicted octanol–water partition coefficient (Wildman–Crippen LogP) is 2.28. The van der Waals surface area contributed by atoms with Crippen molar-refractivity contribution in [3.63, 3.8) is 0 Å². The molecule has 124 valence electrons. The van der Waals surface area contributed by atoms with Crippen molar-refractivity contribution in [1.29, 1.82) is 0 Å². The summed E-state index contributed by atoms with van der Waals surface area (Å²) in [5.74, 6) is 2.69. The summed E-state index contributed by atoms with van der Waals surface area (Å²) in [6.07, 6.45) is 10.4. The van der Waals surface area contributed by atoms with Crippen LogP contribution in [-0.2, 0) is 0 Å². The number of piperidine rings is 5. The molecule has 23 heavy (non-hydrogen) atoms. The highest BCUT2D eigenvalue weighted by atomic mass is 15.4. The minimum absolute atomic E-state index is 0.762. The SMILES string of the molecule is c1cncc(N2CC3CC(C2)CN(C2CC4CCN2CC4)C3)c1. The maximum Gasteiger partial charge on any atom is 0.0625 e. The third-order valence-corrected chi connectivity index (χ3v) is 6.66. The lowest BCUT2D eigenvalue weighted by Gasteiger charge is -2.54. The molecular formula is C19H28N4. The number of rotatable bonds is 2. The van der Waals surface area contributed by atoms with Gasteiger partial charge in [-0.15, -0.1) is 0 Å². The highest BCUT2D eigenvalue weighted by Gasteiger charge is 2.42. The first-order valence-electron chi connectivity index (χ1n) is 9.48. The predicted molar refractivity (Wildman–Crippen MR) is 92.3 cm³/mol. The Bertz CT molecular complexity index is 526.